The van der Waals surface area contributed by atoms with E-state index in [9.17, 15) is 9.90 Å². The number of pyridine rings is 1. The SMILES string of the molecule is CCOC(=O)c1nc(Br)c2c(c1O)c1ccccc1n2C. The van der Waals surface area contributed by atoms with E-state index in [-0.39, 0.29) is 18.1 Å². The van der Waals surface area contributed by atoms with Crippen molar-refractivity contribution in [2.24, 2.45) is 7.05 Å². The second-order valence-electron chi connectivity index (χ2n) is 4.62. The number of carbonyl (C=O) groups excluding carboxylic acids is 1. The van der Waals surface area contributed by atoms with E-state index in [4.69, 9.17) is 4.74 Å². The molecule has 0 aliphatic carbocycles. The maximum absolute atomic E-state index is 11.9. The van der Waals surface area contributed by atoms with Gasteiger partial charge in [-0.25, -0.2) is 9.78 Å². The summed E-state index contributed by atoms with van der Waals surface area (Å²) < 4.78 is 7.37. The molecular formula is C15H13BrN2O3. The number of rotatable bonds is 2. The molecule has 3 aromatic rings. The highest BCUT2D eigenvalue weighted by Crippen LogP contribution is 2.39. The molecule has 2 heterocycles. The molecule has 21 heavy (non-hydrogen) atoms. The summed E-state index contributed by atoms with van der Waals surface area (Å²) in [6.45, 7) is 1.94. The van der Waals surface area contributed by atoms with Crippen LogP contribution in [0.5, 0.6) is 5.75 Å². The van der Waals surface area contributed by atoms with E-state index in [1.807, 2.05) is 35.9 Å². The van der Waals surface area contributed by atoms with Crippen molar-refractivity contribution in [3.63, 3.8) is 0 Å². The first-order valence-electron chi connectivity index (χ1n) is 6.49. The quantitative estimate of drug-likeness (QED) is 0.569. The van der Waals surface area contributed by atoms with E-state index in [1.54, 1.807) is 6.92 Å². The van der Waals surface area contributed by atoms with Gasteiger partial charge < -0.3 is 14.4 Å². The van der Waals surface area contributed by atoms with Crippen molar-refractivity contribution in [1.82, 2.24) is 9.55 Å². The standard InChI is InChI=1S/C15H13BrN2O3/c1-3-21-15(20)11-13(19)10-8-6-4-5-7-9(8)18(2)12(10)14(16)17-11/h4-7,19H,3H2,1-2H3. The highest BCUT2D eigenvalue weighted by atomic mass is 79.9. The van der Waals surface area contributed by atoms with Crippen molar-refractivity contribution < 1.29 is 14.6 Å². The number of halogens is 1. The Kier molecular flexibility index (Phi) is 3.33. The number of para-hydroxylation sites is 1. The van der Waals surface area contributed by atoms with E-state index in [0.717, 1.165) is 16.4 Å². The van der Waals surface area contributed by atoms with Gasteiger partial charge in [0, 0.05) is 18.0 Å². The van der Waals surface area contributed by atoms with E-state index < -0.39 is 5.97 Å². The summed E-state index contributed by atoms with van der Waals surface area (Å²) in [6, 6.07) is 7.66. The lowest BCUT2D eigenvalue weighted by atomic mass is 10.1. The minimum Gasteiger partial charge on any atom is -0.505 e. The molecule has 0 atom stereocenters. The van der Waals surface area contributed by atoms with Crippen molar-refractivity contribution in [2.75, 3.05) is 6.61 Å². The maximum Gasteiger partial charge on any atom is 0.360 e. The molecule has 0 aliphatic rings. The number of aromatic nitrogens is 2. The van der Waals surface area contributed by atoms with Gasteiger partial charge in [0.1, 0.15) is 4.60 Å². The van der Waals surface area contributed by atoms with Gasteiger partial charge in [-0.3, -0.25) is 0 Å². The predicted molar refractivity (Wildman–Crippen MR) is 83.5 cm³/mol. The zero-order valence-electron chi connectivity index (χ0n) is 11.6. The molecule has 0 bridgehead atoms. The monoisotopic (exact) mass is 348 g/mol. The Hall–Kier alpha value is -2.08. The summed E-state index contributed by atoms with van der Waals surface area (Å²) in [5, 5.41) is 11.9. The smallest absolute Gasteiger partial charge is 0.360 e. The molecule has 0 unspecified atom stereocenters. The highest BCUT2D eigenvalue weighted by Gasteiger charge is 2.23. The molecule has 0 amide bonds. The number of fused-ring (bicyclic) bond motifs is 3. The van der Waals surface area contributed by atoms with Crippen molar-refractivity contribution in [1.29, 1.82) is 0 Å². The fourth-order valence-electron chi connectivity index (χ4n) is 2.54. The van der Waals surface area contributed by atoms with Crippen LogP contribution in [0, 0.1) is 0 Å². The summed E-state index contributed by atoms with van der Waals surface area (Å²) in [4.78, 5) is 16.1. The fourth-order valence-corrected chi connectivity index (χ4v) is 3.18. The topological polar surface area (TPSA) is 64.3 Å². The molecule has 2 aromatic heterocycles. The number of benzene rings is 1. The molecule has 0 saturated heterocycles. The minimum atomic E-state index is -0.634. The van der Waals surface area contributed by atoms with Crippen molar-refractivity contribution in [3.05, 3.63) is 34.6 Å². The molecule has 0 aliphatic heterocycles. The number of carbonyl (C=O) groups is 1. The van der Waals surface area contributed by atoms with Gasteiger partial charge in [0.2, 0.25) is 0 Å². The first kappa shape index (κ1) is 13.9. The first-order valence-corrected chi connectivity index (χ1v) is 7.28. The van der Waals surface area contributed by atoms with E-state index in [1.165, 1.54) is 0 Å². The summed E-state index contributed by atoms with van der Waals surface area (Å²) in [5.74, 6) is -0.783. The maximum atomic E-state index is 11.9. The lowest BCUT2D eigenvalue weighted by molar-refractivity contribution is 0.0516. The number of ether oxygens (including phenoxy) is 1. The van der Waals surface area contributed by atoms with Crippen LogP contribution in [0.25, 0.3) is 21.8 Å². The van der Waals surface area contributed by atoms with Gasteiger partial charge in [-0.15, -0.1) is 0 Å². The van der Waals surface area contributed by atoms with Crippen molar-refractivity contribution in [2.45, 2.75) is 6.92 Å². The molecule has 0 radical (unpaired) electrons. The van der Waals surface area contributed by atoms with Gasteiger partial charge in [-0.1, -0.05) is 18.2 Å². The number of aromatic hydroxyl groups is 1. The molecule has 3 rings (SSSR count). The van der Waals surface area contributed by atoms with Gasteiger partial charge in [-0.2, -0.15) is 0 Å². The second kappa shape index (κ2) is 5.04. The summed E-state index contributed by atoms with van der Waals surface area (Å²) in [6.07, 6.45) is 0. The van der Waals surface area contributed by atoms with Crippen LogP contribution in [0.3, 0.4) is 0 Å². The first-order chi connectivity index (χ1) is 10.1. The van der Waals surface area contributed by atoms with Crippen molar-refractivity contribution in [3.8, 4) is 5.75 Å². The van der Waals surface area contributed by atoms with Gasteiger partial charge >= 0.3 is 5.97 Å². The summed E-state index contributed by atoms with van der Waals surface area (Å²) in [7, 11) is 1.89. The van der Waals surface area contributed by atoms with Gasteiger partial charge in [0.05, 0.1) is 17.5 Å². The Balaban J connectivity index is 2.45. The predicted octanol–water partition coefficient (Wildman–Crippen LogP) is 3.37. The number of aryl methyl sites for hydroxylation is 1. The van der Waals surface area contributed by atoms with Crippen LogP contribution in [0.1, 0.15) is 17.4 Å². The largest absolute Gasteiger partial charge is 0.505 e. The number of hydrogen-bond acceptors (Lipinski definition) is 4. The zero-order valence-corrected chi connectivity index (χ0v) is 13.1. The molecular weight excluding hydrogens is 336 g/mol. The van der Waals surface area contributed by atoms with Crippen molar-refractivity contribution >= 4 is 43.7 Å². The Morgan fingerprint density at radius 3 is 2.86 bits per heavy atom. The number of esters is 1. The summed E-state index contributed by atoms with van der Waals surface area (Å²) >= 11 is 3.38. The zero-order chi connectivity index (χ0) is 15.1. The molecule has 1 aromatic carbocycles. The normalized spacial score (nSPS) is 11.2. The lowest BCUT2D eigenvalue weighted by Crippen LogP contribution is -2.08. The van der Waals surface area contributed by atoms with Crippen LogP contribution in [0.4, 0.5) is 0 Å². The molecule has 1 N–H and O–H groups in total. The minimum absolute atomic E-state index is 0.0763. The Morgan fingerprint density at radius 2 is 2.14 bits per heavy atom. The molecule has 0 spiro atoms. The van der Waals surface area contributed by atoms with Crippen LogP contribution >= 0.6 is 15.9 Å². The van der Waals surface area contributed by atoms with Crippen LogP contribution in [-0.4, -0.2) is 27.2 Å². The van der Waals surface area contributed by atoms with E-state index in [0.29, 0.717) is 9.99 Å². The number of nitrogens with zero attached hydrogens (tertiary/aromatic N) is 2. The second-order valence-corrected chi connectivity index (χ2v) is 5.37. The molecule has 5 nitrogen and oxygen atoms in total. The van der Waals surface area contributed by atoms with Crippen LogP contribution in [0.15, 0.2) is 28.9 Å². The Bertz CT molecular complexity index is 870. The third-order valence-electron chi connectivity index (χ3n) is 3.44. The van der Waals surface area contributed by atoms with E-state index in [2.05, 4.69) is 20.9 Å². The summed E-state index contributed by atoms with van der Waals surface area (Å²) in [5.41, 5.74) is 1.61. The van der Waals surface area contributed by atoms with Crippen LogP contribution in [-0.2, 0) is 11.8 Å². The molecule has 6 heteroatoms. The Morgan fingerprint density at radius 1 is 1.43 bits per heavy atom. The fraction of sp³-hybridized carbons (Fsp3) is 0.200. The van der Waals surface area contributed by atoms with Gasteiger partial charge in [0.25, 0.3) is 0 Å². The average molecular weight is 349 g/mol. The highest BCUT2D eigenvalue weighted by molar-refractivity contribution is 9.10. The van der Waals surface area contributed by atoms with Gasteiger partial charge in [0.15, 0.2) is 11.4 Å². The molecule has 108 valence electrons. The van der Waals surface area contributed by atoms with Gasteiger partial charge in [-0.05, 0) is 28.9 Å². The number of hydrogen-bond donors (Lipinski definition) is 1. The van der Waals surface area contributed by atoms with E-state index >= 15 is 0 Å². The van der Waals surface area contributed by atoms with Crippen LogP contribution < -0.4 is 0 Å². The molecule has 0 saturated carbocycles. The lowest BCUT2D eigenvalue weighted by Gasteiger charge is -2.07. The average Bonchev–Trinajstić information content (AvgIpc) is 2.78. The van der Waals surface area contributed by atoms with Crippen LogP contribution in [0.2, 0.25) is 0 Å². The molecule has 0 fully saturated rings. The third-order valence-corrected chi connectivity index (χ3v) is 4.00. The third kappa shape index (κ3) is 1.98. The Labute approximate surface area is 129 Å².